The van der Waals surface area contributed by atoms with Crippen LogP contribution in [0.4, 0.5) is 18.9 Å². The van der Waals surface area contributed by atoms with Crippen molar-refractivity contribution in [1.82, 2.24) is 5.32 Å². The average molecular weight is 533 g/mol. The van der Waals surface area contributed by atoms with Crippen molar-refractivity contribution >= 4 is 17.6 Å². The molecule has 1 aliphatic heterocycles. The normalized spacial score (nSPS) is 22.8. The Bertz CT molecular complexity index is 1150. The highest BCUT2D eigenvalue weighted by molar-refractivity contribution is 6.07. The fraction of sp³-hybridized carbons (Fsp3) is 0.517. The number of para-hydroxylation sites is 1. The van der Waals surface area contributed by atoms with Crippen LogP contribution in [0.15, 0.2) is 48.5 Å². The summed E-state index contributed by atoms with van der Waals surface area (Å²) in [6.45, 7) is 6.56. The number of fused-ring (bicyclic) bond motifs is 2. The third-order valence-corrected chi connectivity index (χ3v) is 8.63. The Hall–Kier alpha value is -3.07. The summed E-state index contributed by atoms with van der Waals surface area (Å²) in [4.78, 5) is 27.8. The van der Waals surface area contributed by atoms with E-state index in [4.69, 9.17) is 4.74 Å². The molecule has 1 amide bonds. The van der Waals surface area contributed by atoms with E-state index in [1.165, 1.54) is 31.4 Å². The van der Waals surface area contributed by atoms with Crippen LogP contribution in [0.25, 0.3) is 0 Å². The van der Waals surface area contributed by atoms with E-state index in [0.29, 0.717) is 5.56 Å². The molecule has 6 nitrogen and oxygen atoms in total. The standard InChI is InChI=1S/C29H35F3N2O4/c1-5-28(6-2)16-15-23-26(28)25(18(3)33-17-24(35)37-4)21-9-7-8-10-22(21)34(23)27(36)19-11-13-20(14-12-19)38-29(30,31)32/h7-14,18,23,25-26,33H,5-6,15-17H2,1-4H3. The average Bonchev–Trinajstić information content (AvgIpc) is 3.28. The summed E-state index contributed by atoms with van der Waals surface area (Å²) in [5.41, 5.74) is 2.13. The summed E-state index contributed by atoms with van der Waals surface area (Å²) < 4.78 is 46.7. The Morgan fingerprint density at radius 3 is 2.37 bits per heavy atom. The highest BCUT2D eigenvalue weighted by Crippen LogP contribution is 2.60. The van der Waals surface area contributed by atoms with Crippen molar-refractivity contribution in [3.05, 3.63) is 59.7 Å². The van der Waals surface area contributed by atoms with Crippen molar-refractivity contribution < 1.29 is 32.2 Å². The third kappa shape index (κ3) is 5.25. The topological polar surface area (TPSA) is 67.9 Å². The van der Waals surface area contributed by atoms with Crippen LogP contribution in [-0.4, -0.2) is 44.0 Å². The van der Waals surface area contributed by atoms with Crippen molar-refractivity contribution in [2.75, 3.05) is 18.6 Å². The Morgan fingerprint density at radius 1 is 1.11 bits per heavy atom. The maximum atomic E-state index is 14.0. The molecule has 206 valence electrons. The minimum atomic E-state index is -4.80. The van der Waals surface area contributed by atoms with Crippen LogP contribution < -0.4 is 15.0 Å². The molecule has 0 spiro atoms. The van der Waals surface area contributed by atoms with Gasteiger partial charge < -0.3 is 19.7 Å². The second-order valence-corrected chi connectivity index (χ2v) is 10.3. The van der Waals surface area contributed by atoms with Crippen molar-refractivity contribution in [1.29, 1.82) is 0 Å². The molecule has 0 aromatic heterocycles. The van der Waals surface area contributed by atoms with Crippen LogP contribution in [0, 0.1) is 11.3 Å². The van der Waals surface area contributed by atoms with Gasteiger partial charge in [0, 0.05) is 29.3 Å². The molecule has 1 saturated carbocycles. The smallest absolute Gasteiger partial charge is 0.468 e. The molecule has 1 fully saturated rings. The Balaban J connectivity index is 1.76. The van der Waals surface area contributed by atoms with Crippen molar-refractivity contribution in [3.63, 3.8) is 0 Å². The van der Waals surface area contributed by atoms with Gasteiger partial charge in [0.1, 0.15) is 5.75 Å². The molecule has 2 aromatic rings. The zero-order chi connectivity index (χ0) is 27.7. The van der Waals surface area contributed by atoms with Gasteiger partial charge in [-0.3, -0.25) is 9.59 Å². The van der Waals surface area contributed by atoms with E-state index in [0.717, 1.165) is 36.9 Å². The SMILES string of the molecule is CCC1(CC)CCC2C1C(C(C)NCC(=O)OC)c1ccccc1N2C(=O)c1ccc(OC(F)(F)F)cc1. The second-order valence-electron chi connectivity index (χ2n) is 10.3. The van der Waals surface area contributed by atoms with Crippen LogP contribution in [0.1, 0.15) is 68.3 Å². The number of nitrogens with zero attached hydrogens (tertiary/aromatic N) is 1. The number of benzene rings is 2. The van der Waals surface area contributed by atoms with Crippen LogP contribution in [0.5, 0.6) is 5.75 Å². The van der Waals surface area contributed by atoms with Crippen LogP contribution in [-0.2, 0) is 9.53 Å². The lowest BCUT2D eigenvalue weighted by Gasteiger charge is -2.51. The number of carbonyl (C=O) groups is 2. The van der Waals surface area contributed by atoms with E-state index < -0.39 is 6.36 Å². The van der Waals surface area contributed by atoms with E-state index >= 15 is 0 Å². The number of hydrogen-bond acceptors (Lipinski definition) is 5. The number of nitrogens with one attached hydrogen (secondary N) is 1. The van der Waals surface area contributed by atoms with Crippen molar-refractivity contribution in [3.8, 4) is 5.75 Å². The number of hydrogen-bond donors (Lipinski definition) is 1. The molecule has 9 heteroatoms. The number of amides is 1. The lowest BCUT2D eigenvalue weighted by atomic mass is 9.62. The molecular formula is C29H35F3N2O4. The minimum absolute atomic E-state index is 0.00695. The minimum Gasteiger partial charge on any atom is -0.468 e. The fourth-order valence-corrected chi connectivity index (χ4v) is 6.76. The predicted molar refractivity (Wildman–Crippen MR) is 138 cm³/mol. The first kappa shape index (κ1) is 28.0. The molecule has 1 heterocycles. The van der Waals surface area contributed by atoms with Gasteiger partial charge in [-0.2, -0.15) is 0 Å². The van der Waals surface area contributed by atoms with Crippen LogP contribution >= 0.6 is 0 Å². The number of halogens is 3. The van der Waals surface area contributed by atoms with E-state index in [-0.39, 0.29) is 53.5 Å². The van der Waals surface area contributed by atoms with E-state index in [1.54, 1.807) is 0 Å². The summed E-state index contributed by atoms with van der Waals surface area (Å²) in [5.74, 6) is -0.772. The molecule has 4 rings (SSSR count). The van der Waals surface area contributed by atoms with Crippen LogP contribution in [0.3, 0.4) is 0 Å². The Labute approximate surface area is 221 Å². The van der Waals surface area contributed by atoms with Gasteiger partial charge >= 0.3 is 12.3 Å². The maximum Gasteiger partial charge on any atom is 0.573 e. The van der Waals surface area contributed by atoms with Gasteiger partial charge in [0.05, 0.1) is 13.7 Å². The Kier molecular flexibility index (Phi) is 8.06. The molecule has 0 saturated heterocycles. The molecule has 0 radical (unpaired) electrons. The first-order valence-electron chi connectivity index (χ1n) is 13.1. The van der Waals surface area contributed by atoms with Gasteiger partial charge in [-0.05, 0) is 67.0 Å². The summed E-state index contributed by atoms with van der Waals surface area (Å²) >= 11 is 0. The number of ether oxygens (including phenoxy) is 2. The molecule has 2 aliphatic rings. The summed E-state index contributed by atoms with van der Waals surface area (Å²) in [5, 5.41) is 3.36. The molecule has 4 atom stereocenters. The lowest BCUT2D eigenvalue weighted by Crippen LogP contribution is -2.55. The van der Waals surface area contributed by atoms with E-state index in [9.17, 15) is 22.8 Å². The molecule has 1 aliphatic carbocycles. The van der Waals surface area contributed by atoms with Gasteiger partial charge in [0.15, 0.2) is 0 Å². The van der Waals surface area contributed by atoms with Gasteiger partial charge in [-0.15, -0.1) is 13.2 Å². The van der Waals surface area contributed by atoms with E-state index in [2.05, 4.69) is 30.8 Å². The quantitative estimate of drug-likeness (QED) is 0.419. The predicted octanol–water partition coefficient (Wildman–Crippen LogP) is 6.07. The molecule has 0 bridgehead atoms. The summed E-state index contributed by atoms with van der Waals surface area (Å²) in [6.07, 6.45) is -1.10. The zero-order valence-electron chi connectivity index (χ0n) is 22.2. The molecule has 2 aromatic carbocycles. The number of methoxy groups -OCH3 is 1. The van der Waals surface area contributed by atoms with Crippen LogP contribution in [0.2, 0.25) is 0 Å². The highest BCUT2D eigenvalue weighted by atomic mass is 19.4. The van der Waals surface area contributed by atoms with Gasteiger partial charge in [-0.25, -0.2) is 0 Å². The third-order valence-electron chi connectivity index (χ3n) is 8.63. The molecule has 1 N–H and O–H groups in total. The van der Waals surface area contributed by atoms with Crippen molar-refractivity contribution in [2.24, 2.45) is 11.3 Å². The number of carbonyl (C=O) groups excluding carboxylic acids is 2. The maximum absolute atomic E-state index is 14.0. The Morgan fingerprint density at radius 2 is 1.76 bits per heavy atom. The zero-order valence-corrected chi connectivity index (χ0v) is 22.2. The van der Waals surface area contributed by atoms with Gasteiger partial charge in [0.2, 0.25) is 0 Å². The largest absolute Gasteiger partial charge is 0.573 e. The lowest BCUT2D eigenvalue weighted by molar-refractivity contribution is -0.274. The van der Waals surface area contributed by atoms with Gasteiger partial charge in [-0.1, -0.05) is 44.9 Å². The first-order chi connectivity index (χ1) is 18.0. The number of anilines is 1. The molecule has 38 heavy (non-hydrogen) atoms. The number of alkyl halides is 3. The fourth-order valence-electron chi connectivity index (χ4n) is 6.76. The monoisotopic (exact) mass is 532 g/mol. The molecule has 4 unspecified atom stereocenters. The van der Waals surface area contributed by atoms with E-state index in [1.807, 2.05) is 29.2 Å². The van der Waals surface area contributed by atoms with Gasteiger partial charge in [0.25, 0.3) is 5.91 Å². The second kappa shape index (κ2) is 11.0. The molecular weight excluding hydrogens is 497 g/mol. The number of rotatable bonds is 8. The summed E-state index contributed by atoms with van der Waals surface area (Å²) in [7, 11) is 1.36. The first-order valence-corrected chi connectivity index (χ1v) is 13.1. The number of esters is 1. The summed E-state index contributed by atoms with van der Waals surface area (Å²) in [6, 6.07) is 12.8. The highest BCUT2D eigenvalue weighted by Gasteiger charge is 2.56. The van der Waals surface area contributed by atoms with Crippen molar-refractivity contribution in [2.45, 2.75) is 70.8 Å².